The van der Waals surface area contributed by atoms with Gasteiger partial charge in [-0.25, -0.2) is 13.2 Å². The molecule has 110 valence electrons. The zero-order valence-corrected chi connectivity index (χ0v) is 12.7. The third kappa shape index (κ3) is 2.28. The van der Waals surface area contributed by atoms with Gasteiger partial charge < -0.3 is 14.3 Å². The number of hydrogen-bond acceptors (Lipinski definition) is 5. The van der Waals surface area contributed by atoms with Gasteiger partial charge in [-0.1, -0.05) is 0 Å². The molecule has 2 atom stereocenters. The maximum atomic E-state index is 12.6. The molecule has 2 unspecified atom stereocenters. The molecule has 2 bridgehead atoms. The van der Waals surface area contributed by atoms with Gasteiger partial charge in [0.2, 0.25) is 15.8 Å². The zero-order chi connectivity index (χ0) is 14.5. The first-order valence-electron chi connectivity index (χ1n) is 6.06. The van der Waals surface area contributed by atoms with Crippen LogP contribution >= 0.6 is 15.9 Å². The summed E-state index contributed by atoms with van der Waals surface area (Å²) in [4.78, 5) is 10.7. The Bertz CT molecular complexity index is 642. The Labute approximate surface area is 123 Å². The molecule has 2 aliphatic rings. The van der Waals surface area contributed by atoms with Crippen LogP contribution in [-0.4, -0.2) is 49.1 Å². The number of morpholine rings is 1. The van der Waals surface area contributed by atoms with E-state index in [1.807, 2.05) is 0 Å². The van der Waals surface area contributed by atoms with Crippen LogP contribution in [0.1, 0.15) is 23.4 Å². The Morgan fingerprint density at radius 1 is 1.35 bits per heavy atom. The highest BCUT2D eigenvalue weighted by molar-refractivity contribution is 9.10. The van der Waals surface area contributed by atoms with Crippen molar-refractivity contribution in [3.05, 3.63) is 16.5 Å². The second-order valence-electron chi connectivity index (χ2n) is 4.83. The number of fused-ring (bicyclic) bond motifs is 2. The summed E-state index contributed by atoms with van der Waals surface area (Å²) in [6.45, 7) is 0.581. The topological polar surface area (TPSA) is 97.0 Å². The molecule has 7 nitrogen and oxygen atoms in total. The molecule has 0 aliphatic carbocycles. The fourth-order valence-corrected chi connectivity index (χ4v) is 4.95. The van der Waals surface area contributed by atoms with Gasteiger partial charge in [0.05, 0.1) is 12.2 Å². The van der Waals surface area contributed by atoms with Gasteiger partial charge in [0.15, 0.2) is 4.67 Å². The molecule has 2 aliphatic heterocycles. The van der Waals surface area contributed by atoms with Crippen LogP contribution in [0.2, 0.25) is 0 Å². The van der Waals surface area contributed by atoms with Crippen molar-refractivity contribution in [3.63, 3.8) is 0 Å². The number of aromatic carboxylic acids is 1. The van der Waals surface area contributed by atoms with Gasteiger partial charge in [-0.2, -0.15) is 4.31 Å². The average molecular weight is 366 g/mol. The number of sulfonamides is 1. The smallest absolute Gasteiger partial charge is 0.371 e. The van der Waals surface area contributed by atoms with Gasteiger partial charge in [-0.3, -0.25) is 0 Å². The van der Waals surface area contributed by atoms with Gasteiger partial charge in [-0.05, 0) is 28.8 Å². The number of carboxylic acids is 1. The Hall–Kier alpha value is -0.900. The number of halogens is 1. The summed E-state index contributed by atoms with van der Waals surface area (Å²) in [5, 5.41) is 8.85. The molecule has 20 heavy (non-hydrogen) atoms. The van der Waals surface area contributed by atoms with Crippen LogP contribution in [0.15, 0.2) is 20.0 Å². The predicted octanol–water partition coefficient (Wildman–Crippen LogP) is 1.29. The summed E-state index contributed by atoms with van der Waals surface area (Å²) in [5.41, 5.74) is 0. The summed E-state index contributed by atoms with van der Waals surface area (Å²) >= 11 is 2.97. The summed E-state index contributed by atoms with van der Waals surface area (Å²) in [5.74, 6) is -1.72. The maximum absolute atomic E-state index is 12.6. The Kier molecular flexibility index (Phi) is 3.39. The number of furan rings is 1. The molecule has 2 fully saturated rings. The molecule has 1 aromatic rings. The van der Waals surface area contributed by atoms with E-state index in [0.29, 0.717) is 13.1 Å². The lowest BCUT2D eigenvalue weighted by Gasteiger charge is -2.30. The van der Waals surface area contributed by atoms with Gasteiger partial charge in [-0.15, -0.1) is 0 Å². The lowest BCUT2D eigenvalue weighted by Crippen LogP contribution is -2.45. The van der Waals surface area contributed by atoms with Crippen LogP contribution in [0, 0.1) is 0 Å². The van der Waals surface area contributed by atoms with Gasteiger partial charge in [0, 0.05) is 19.2 Å². The average Bonchev–Trinajstić information content (AvgIpc) is 2.93. The number of ether oxygens (including phenoxy) is 1. The van der Waals surface area contributed by atoms with E-state index < -0.39 is 21.8 Å². The first kappa shape index (κ1) is 14.1. The minimum atomic E-state index is -3.78. The third-order valence-electron chi connectivity index (χ3n) is 3.49. The normalized spacial score (nSPS) is 26.9. The van der Waals surface area contributed by atoms with E-state index in [9.17, 15) is 13.2 Å². The summed E-state index contributed by atoms with van der Waals surface area (Å²) < 4.78 is 36.8. The van der Waals surface area contributed by atoms with E-state index in [2.05, 4.69) is 15.9 Å². The number of carboxylic acid groups (broad SMARTS) is 1. The minimum absolute atomic E-state index is 0.0758. The van der Waals surface area contributed by atoms with Crippen LogP contribution in [0.3, 0.4) is 0 Å². The van der Waals surface area contributed by atoms with E-state index in [4.69, 9.17) is 14.3 Å². The van der Waals surface area contributed by atoms with Gasteiger partial charge in [0.25, 0.3) is 0 Å². The molecule has 0 aromatic carbocycles. The molecule has 0 saturated carbocycles. The first-order valence-corrected chi connectivity index (χ1v) is 8.29. The van der Waals surface area contributed by atoms with Crippen LogP contribution < -0.4 is 0 Å². The highest BCUT2D eigenvalue weighted by Gasteiger charge is 2.41. The Morgan fingerprint density at radius 3 is 2.45 bits per heavy atom. The highest BCUT2D eigenvalue weighted by Crippen LogP contribution is 2.33. The number of nitrogens with zero attached hydrogens (tertiary/aromatic N) is 1. The standard InChI is InChI=1S/C11H12BrNO6S/c12-10-9(3-8(19-10)11(14)15)20(16,17)13-4-6-1-2-7(5-13)18-6/h3,6-7H,1-2,4-5H2,(H,14,15). The molecule has 3 rings (SSSR count). The van der Waals surface area contributed by atoms with Crippen LogP contribution in [0.25, 0.3) is 0 Å². The lowest BCUT2D eigenvalue weighted by atomic mass is 10.2. The molecule has 1 aromatic heterocycles. The van der Waals surface area contributed by atoms with E-state index in [0.717, 1.165) is 18.9 Å². The number of rotatable bonds is 3. The van der Waals surface area contributed by atoms with Gasteiger partial charge >= 0.3 is 5.97 Å². The molecule has 0 amide bonds. The van der Waals surface area contributed by atoms with E-state index in [1.165, 1.54) is 4.31 Å². The number of carbonyl (C=O) groups is 1. The molecule has 2 saturated heterocycles. The Morgan fingerprint density at radius 2 is 1.95 bits per heavy atom. The fourth-order valence-electron chi connectivity index (χ4n) is 2.55. The third-order valence-corrected chi connectivity index (χ3v) is 6.18. The quantitative estimate of drug-likeness (QED) is 0.866. The van der Waals surface area contributed by atoms with E-state index in [1.54, 1.807) is 0 Å². The number of hydrogen-bond donors (Lipinski definition) is 1. The van der Waals surface area contributed by atoms with Crippen molar-refractivity contribution in [3.8, 4) is 0 Å². The maximum Gasteiger partial charge on any atom is 0.371 e. The molecule has 0 radical (unpaired) electrons. The summed E-state index contributed by atoms with van der Waals surface area (Å²) in [7, 11) is -3.78. The molecule has 3 heterocycles. The SMILES string of the molecule is O=C(O)c1cc(S(=O)(=O)N2CC3CCC(C2)O3)c(Br)o1. The van der Waals surface area contributed by atoms with E-state index in [-0.39, 0.29) is 21.8 Å². The molecule has 9 heteroatoms. The van der Waals surface area contributed by atoms with Gasteiger partial charge in [0.1, 0.15) is 4.90 Å². The van der Waals surface area contributed by atoms with Crippen LogP contribution in [0.5, 0.6) is 0 Å². The molecule has 1 N–H and O–H groups in total. The van der Waals surface area contributed by atoms with Crippen molar-refractivity contribution in [2.45, 2.75) is 29.9 Å². The summed E-state index contributed by atoms with van der Waals surface area (Å²) in [6, 6.07) is 1.03. The zero-order valence-electron chi connectivity index (χ0n) is 10.3. The molecule has 0 spiro atoms. The molecular weight excluding hydrogens is 354 g/mol. The fraction of sp³-hybridized carbons (Fsp3) is 0.545. The summed E-state index contributed by atoms with van der Waals surface area (Å²) in [6.07, 6.45) is 1.55. The first-order chi connectivity index (χ1) is 9.38. The second kappa shape index (κ2) is 4.83. The van der Waals surface area contributed by atoms with Crippen LogP contribution in [-0.2, 0) is 14.8 Å². The highest BCUT2D eigenvalue weighted by atomic mass is 79.9. The van der Waals surface area contributed by atoms with Crippen molar-refractivity contribution in [1.29, 1.82) is 0 Å². The monoisotopic (exact) mass is 365 g/mol. The predicted molar refractivity (Wildman–Crippen MR) is 70.0 cm³/mol. The minimum Gasteiger partial charge on any atom is -0.475 e. The van der Waals surface area contributed by atoms with Crippen LogP contribution in [0.4, 0.5) is 0 Å². The second-order valence-corrected chi connectivity index (χ2v) is 7.46. The van der Waals surface area contributed by atoms with Crippen molar-refractivity contribution in [2.75, 3.05) is 13.1 Å². The van der Waals surface area contributed by atoms with Crippen molar-refractivity contribution in [1.82, 2.24) is 4.31 Å². The van der Waals surface area contributed by atoms with Crippen molar-refractivity contribution in [2.24, 2.45) is 0 Å². The van der Waals surface area contributed by atoms with E-state index >= 15 is 0 Å². The lowest BCUT2D eigenvalue weighted by molar-refractivity contribution is -0.0114. The Balaban J connectivity index is 1.94. The van der Waals surface area contributed by atoms with Crippen molar-refractivity contribution < 1.29 is 27.5 Å². The largest absolute Gasteiger partial charge is 0.475 e. The molecular formula is C11H12BrNO6S. The van der Waals surface area contributed by atoms with Crippen molar-refractivity contribution >= 4 is 31.9 Å².